The second-order valence-electron chi connectivity index (χ2n) is 7.39. The van der Waals surface area contributed by atoms with Crippen molar-refractivity contribution in [2.45, 2.75) is 64.3 Å². The predicted molar refractivity (Wildman–Crippen MR) is 104 cm³/mol. The van der Waals surface area contributed by atoms with Crippen molar-refractivity contribution in [3.63, 3.8) is 0 Å². The quantitative estimate of drug-likeness (QED) is 0.262. The third-order valence-corrected chi connectivity index (χ3v) is 4.53. The van der Waals surface area contributed by atoms with Crippen molar-refractivity contribution in [2.75, 3.05) is 13.2 Å². The summed E-state index contributed by atoms with van der Waals surface area (Å²) in [6.07, 6.45) is -8.78. The topological polar surface area (TPSA) is 152 Å². The number of nitrogens with zero attached hydrogens (tertiary/aromatic N) is 1. The van der Waals surface area contributed by atoms with Gasteiger partial charge in [0.05, 0.1) is 12.2 Å². The molecule has 0 spiro atoms. The molecule has 0 saturated carbocycles. The first-order valence-corrected chi connectivity index (χ1v) is 9.94. The second-order valence-corrected chi connectivity index (χ2v) is 7.39. The summed E-state index contributed by atoms with van der Waals surface area (Å²) in [5.41, 5.74) is -2.61. The van der Waals surface area contributed by atoms with Crippen molar-refractivity contribution in [3.8, 4) is 0 Å². The van der Waals surface area contributed by atoms with Gasteiger partial charge in [-0.05, 0) is 0 Å². The molecule has 196 valence electrons. The minimum atomic E-state index is -4.47. The summed E-state index contributed by atoms with van der Waals surface area (Å²) in [5, 5.41) is 0. The number of aromatic amines is 1. The van der Waals surface area contributed by atoms with Crippen LogP contribution in [0.3, 0.4) is 0 Å². The van der Waals surface area contributed by atoms with Gasteiger partial charge in [-0.25, -0.2) is 13.6 Å². The molecule has 1 fully saturated rings. The molecule has 4 atom stereocenters. The predicted octanol–water partition coefficient (Wildman–Crippen LogP) is 0.278. The maximum absolute atomic E-state index is 13.1. The van der Waals surface area contributed by atoms with Crippen LogP contribution in [0.4, 0.5) is 17.6 Å². The number of halogens is 4. The summed E-state index contributed by atoms with van der Waals surface area (Å²) in [4.78, 5) is 60.9. The van der Waals surface area contributed by atoms with Gasteiger partial charge in [-0.1, -0.05) is 0 Å². The normalized spacial score (nSPS) is 22.2. The second kappa shape index (κ2) is 11.4. The van der Waals surface area contributed by atoms with Gasteiger partial charge in [0.15, 0.2) is 18.4 Å². The van der Waals surface area contributed by atoms with Gasteiger partial charge >= 0.3 is 35.9 Å². The van der Waals surface area contributed by atoms with Crippen LogP contribution >= 0.6 is 0 Å². The van der Waals surface area contributed by atoms with E-state index in [0.717, 1.165) is 27.0 Å². The van der Waals surface area contributed by atoms with Crippen LogP contribution in [0, 0.1) is 0 Å². The third-order valence-electron chi connectivity index (χ3n) is 4.53. The number of aromatic nitrogens is 2. The summed E-state index contributed by atoms with van der Waals surface area (Å²) in [7, 11) is 0. The molecule has 1 saturated heterocycles. The maximum atomic E-state index is 13.1. The van der Waals surface area contributed by atoms with Crippen LogP contribution in [0.1, 0.15) is 32.6 Å². The number of carbonyl (C=O) groups is 3. The molecule has 0 amide bonds. The molecule has 1 aromatic rings. The highest BCUT2D eigenvalue weighted by molar-refractivity contribution is 5.68. The molecule has 1 aliphatic heterocycles. The first-order valence-electron chi connectivity index (χ1n) is 9.94. The van der Waals surface area contributed by atoms with E-state index in [9.17, 15) is 41.5 Å². The average Bonchev–Trinajstić information content (AvgIpc) is 3.03. The van der Waals surface area contributed by atoms with Crippen LogP contribution in [0.15, 0.2) is 15.8 Å². The number of ether oxygens (including phenoxy) is 5. The zero-order chi connectivity index (χ0) is 26.5. The van der Waals surface area contributed by atoms with E-state index in [2.05, 4.69) is 4.74 Å². The number of carbonyl (C=O) groups excluding carboxylic acids is 3. The number of alkyl halides is 4. The van der Waals surface area contributed by atoms with Crippen molar-refractivity contribution < 1.29 is 55.6 Å². The summed E-state index contributed by atoms with van der Waals surface area (Å²) in [6, 6.07) is 0. The Morgan fingerprint density at radius 2 is 1.69 bits per heavy atom. The Balaban J connectivity index is 2.40. The van der Waals surface area contributed by atoms with Gasteiger partial charge in [0.2, 0.25) is 0 Å². The Labute approximate surface area is 194 Å². The lowest BCUT2D eigenvalue weighted by atomic mass is 10.1. The van der Waals surface area contributed by atoms with Crippen molar-refractivity contribution in [1.29, 1.82) is 0 Å². The van der Waals surface area contributed by atoms with Gasteiger partial charge in [-0.3, -0.25) is 28.7 Å². The molecule has 0 radical (unpaired) electrons. The highest BCUT2D eigenvalue weighted by Crippen LogP contribution is 2.33. The minimum absolute atomic E-state index is 0.438. The lowest BCUT2D eigenvalue weighted by Crippen LogP contribution is -2.43. The van der Waals surface area contributed by atoms with E-state index in [1.165, 1.54) is 0 Å². The molecule has 16 heteroatoms. The lowest BCUT2D eigenvalue weighted by molar-refractivity contribution is -0.168. The Kier molecular flexibility index (Phi) is 9.14. The maximum Gasteiger partial charge on any atom is 0.330 e. The highest BCUT2D eigenvalue weighted by Gasteiger charge is 2.51. The zero-order valence-electron chi connectivity index (χ0n) is 18.6. The molecule has 1 aromatic heterocycles. The number of rotatable bonds is 10. The Bertz CT molecular complexity index is 1060. The van der Waals surface area contributed by atoms with Gasteiger partial charge in [0.25, 0.3) is 5.56 Å². The fourth-order valence-electron chi connectivity index (χ4n) is 3.10. The van der Waals surface area contributed by atoms with Crippen LogP contribution in [0.5, 0.6) is 0 Å². The van der Waals surface area contributed by atoms with Crippen molar-refractivity contribution in [2.24, 2.45) is 0 Å². The van der Waals surface area contributed by atoms with Gasteiger partial charge in [0.1, 0.15) is 19.3 Å². The standard InChI is InChI=1S/C19H22F4N2O10/c1-8(26)32-6-12-13(33-9(2)27)14(34-10(3)28)16(35-12)25-4-11(15(29)24-18(25)30)5-31-7-19(22,23)17(20)21/h4,12-14,16-17H,5-7H2,1-3H3,(H,24,29,30)/t12-,13-,14-,16-/m1/s1. The Hall–Kier alpha value is -3.27. The molecule has 1 aliphatic rings. The molecule has 1 N–H and O–H groups in total. The third kappa shape index (κ3) is 7.35. The van der Waals surface area contributed by atoms with Gasteiger partial charge in [-0.2, -0.15) is 8.78 Å². The molecule has 2 heterocycles. The summed E-state index contributed by atoms with van der Waals surface area (Å²) >= 11 is 0. The number of nitrogens with one attached hydrogen (secondary N) is 1. The number of hydrogen-bond acceptors (Lipinski definition) is 10. The van der Waals surface area contributed by atoms with Crippen LogP contribution in [-0.4, -0.2) is 71.3 Å². The fraction of sp³-hybridized carbons (Fsp3) is 0.632. The number of esters is 3. The molecule has 0 aromatic carbocycles. The van der Waals surface area contributed by atoms with Crippen LogP contribution in [0.2, 0.25) is 0 Å². The molecular formula is C19H22F4N2O10. The van der Waals surface area contributed by atoms with Gasteiger partial charge in [0, 0.05) is 27.0 Å². The van der Waals surface area contributed by atoms with E-state index >= 15 is 0 Å². The molecule has 0 unspecified atom stereocenters. The first kappa shape index (κ1) is 28.0. The summed E-state index contributed by atoms with van der Waals surface area (Å²) in [5.74, 6) is -6.89. The van der Waals surface area contributed by atoms with Gasteiger partial charge in [-0.15, -0.1) is 0 Å². The van der Waals surface area contributed by atoms with E-state index in [-0.39, 0.29) is 0 Å². The first-order chi connectivity index (χ1) is 16.2. The minimum Gasteiger partial charge on any atom is -0.463 e. The molecule has 35 heavy (non-hydrogen) atoms. The van der Waals surface area contributed by atoms with E-state index in [1.807, 2.05) is 4.98 Å². The summed E-state index contributed by atoms with van der Waals surface area (Å²) in [6.45, 7) is 0.0635. The molecule has 12 nitrogen and oxygen atoms in total. The average molecular weight is 514 g/mol. The number of H-pyrrole nitrogens is 1. The molecule has 0 aliphatic carbocycles. The monoisotopic (exact) mass is 514 g/mol. The molecule has 0 bridgehead atoms. The largest absolute Gasteiger partial charge is 0.463 e. The van der Waals surface area contributed by atoms with Crippen molar-refractivity contribution in [3.05, 3.63) is 32.6 Å². The van der Waals surface area contributed by atoms with Crippen LogP contribution < -0.4 is 11.2 Å². The van der Waals surface area contributed by atoms with Crippen molar-refractivity contribution >= 4 is 17.9 Å². The van der Waals surface area contributed by atoms with E-state index in [1.54, 1.807) is 0 Å². The van der Waals surface area contributed by atoms with Crippen LogP contribution in [-0.2, 0) is 44.7 Å². The van der Waals surface area contributed by atoms with E-state index in [0.29, 0.717) is 4.57 Å². The SMILES string of the molecule is CC(=O)OC[C@H]1O[C@@H](n2cc(COCC(F)(F)C(F)F)c(=O)[nH]c2=O)[C@H](OC(C)=O)[C@@H]1OC(C)=O. The smallest absolute Gasteiger partial charge is 0.330 e. The lowest BCUT2D eigenvalue weighted by Gasteiger charge is -2.24. The summed E-state index contributed by atoms with van der Waals surface area (Å²) < 4.78 is 76.7. The molecular weight excluding hydrogens is 492 g/mol. The van der Waals surface area contributed by atoms with Crippen LogP contribution in [0.25, 0.3) is 0 Å². The van der Waals surface area contributed by atoms with E-state index in [4.69, 9.17) is 18.9 Å². The Morgan fingerprint density at radius 3 is 2.23 bits per heavy atom. The highest BCUT2D eigenvalue weighted by atomic mass is 19.3. The Morgan fingerprint density at radius 1 is 1.09 bits per heavy atom. The van der Waals surface area contributed by atoms with Crippen molar-refractivity contribution in [1.82, 2.24) is 9.55 Å². The number of hydrogen-bond donors (Lipinski definition) is 1. The zero-order valence-corrected chi connectivity index (χ0v) is 18.6. The molecule has 2 rings (SSSR count). The van der Waals surface area contributed by atoms with Gasteiger partial charge < -0.3 is 23.7 Å². The van der Waals surface area contributed by atoms with E-state index < -0.39 is 91.4 Å². The fourth-order valence-corrected chi connectivity index (χ4v) is 3.10.